The first-order valence-electron chi connectivity index (χ1n) is 8.42. The molecule has 2 N–H and O–H groups in total. The number of nitrogen functional groups attached to an aromatic ring is 1. The number of nitrogens with zero attached hydrogens (tertiary/aromatic N) is 3. The van der Waals surface area contributed by atoms with Gasteiger partial charge in [-0.25, -0.2) is 9.78 Å². The number of hydrogen-bond acceptors (Lipinski definition) is 6. The summed E-state index contributed by atoms with van der Waals surface area (Å²) in [4.78, 5) is 22.7. The maximum Gasteiger partial charge on any atom is 0.410 e. The van der Waals surface area contributed by atoms with E-state index in [9.17, 15) is 4.79 Å². The third-order valence-electron chi connectivity index (χ3n) is 3.66. The molecule has 0 aromatic carbocycles. The molecule has 2 heterocycles. The van der Waals surface area contributed by atoms with Crippen molar-refractivity contribution >= 4 is 11.8 Å². The van der Waals surface area contributed by atoms with Crippen molar-refractivity contribution in [3.05, 3.63) is 12.0 Å². The van der Waals surface area contributed by atoms with Crippen LogP contribution in [0.5, 0.6) is 5.88 Å². The van der Waals surface area contributed by atoms with Crippen molar-refractivity contribution in [3.8, 4) is 5.88 Å². The third-order valence-corrected chi connectivity index (χ3v) is 3.66. The molecule has 0 unspecified atom stereocenters. The molecule has 1 aliphatic rings. The average Bonchev–Trinajstić information content (AvgIpc) is 2.47. The largest absolute Gasteiger partial charge is 0.473 e. The number of likely N-dealkylation sites (tertiary alicyclic amines) is 1. The van der Waals surface area contributed by atoms with Crippen LogP contribution in [-0.4, -0.2) is 45.8 Å². The van der Waals surface area contributed by atoms with E-state index in [0.29, 0.717) is 24.7 Å². The molecule has 134 valence electrons. The topological polar surface area (TPSA) is 90.6 Å². The standard InChI is InChI=1S/C17H28N4O3/c1-11(2)23-15-13(18)10-19-14(20-15)12-6-8-21(9-7-12)16(22)24-17(3,4)5/h10-12H,6-9,18H2,1-5H3. The Balaban J connectivity index is 1.98. The summed E-state index contributed by atoms with van der Waals surface area (Å²) in [6.07, 6.45) is 2.93. The van der Waals surface area contributed by atoms with E-state index in [1.165, 1.54) is 0 Å². The number of nitrogens with two attached hydrogens (primary N) is 1. The summed E-state index contributed by atoms with van der Waals surface area (Å²) < 4.78 is 11.0. The third kappa shape index (κ3) is 4.97. The van der Waals surface area contributed by atoms with Crippen LogP contribution in [0.2, 0.25) is 0 Å². The zero-order chi connectivity index (χ0) is 17.9. The Hall–Kier alpha value is -2.05. The van der Waals surface area contributed by atoms with Crippen LogP contribution in [-0.2, 0) is 4.74 Å². The van der Waals surface area contributed by atoms with Crippen LogP contribution >= 0.6 is 0 Å². The molecule has 2 rings (SSSR count). The number of anilines is 1. The van der Waals surface area contributed by atoms with Gasteiger partial charge in [0.15, 0.2) is 0 Å². The van der Waals surface area contributed by atoms with Gasteiger partial charge in [0.05, 0.1) is 12.3 Å². The van der Waals surface area contributed by atoms with Gasteiger partial charge < -0.3 is 20.1 Å². The van der Waals surface area contributed by atoms with Crippen LogP contribution in [0.15, 0.2) is 6.20 Å². The Labute approximate surface area is 143 Å². The van der Waals surface area contributed by atoms with Gasteiger partial charge in [0.25, 0.3) is 0 Å². The molecule has 7 nitrogen and oxygen atoms in total. The van der Waals surface area contributed by atoms with Crippen molar-refractivity contribution in [2.45, 2.75) is 65.1 Å². The van der Waals surface area contributed by atoms with Crippen molar-refractivity contribution in [2.75, 3.05) is 18.8 Å². The Bertz CT molecular complexity index is 576. The molecule has 1 aromatic heterocycles. The second-order valence-electron chi connectivity index (χ2n) is 7.40. The second kappa shape index (κ2) is 7.23. The Morgan fingerprint density at radius 1 is 1.33 bits per heavy atom. The normalized spacial score (nSPS) is 16.3. The van der Waals surface area contributed by atoms with Gasteiger partial charge in [-0.1, -0.05) is 0 Å². The summed E-state index contributed by atoms with van der Waals surface area (Å²) in [6.45, 7) is 10.7. The fourth-order valence-corrected chi connectivity index (χ4v) is 2.55. The maximum atomic E-state index is 12.1. The molecule has 0 bridgehead atoms. The molecule has 1 fully saturated rings. The van der Waals surface area contributed by atoms with E-state index in [2.05, 4.69) is 9.97 Å². The highest BCUT2D eigenvalue weighted by Crippen LogP contribution is 2.29. The molecule has 1 aliphatic heterocycles. The van der Waals surface area contributed by atoms with E-state index in [4.69, 9.17) is 15.2 Å². The van der Waals surface area contributed by atoms with Gasteiger partial charge in [-0.3, -0.25) is 0 Å². The van der Waals surface area contributed by atoms with Crippen molar-refractivity contribution in [1.82, 2.24) is 14.9 Å². The van der Waals surface area contributed by atoms with E-state index < -0.39 is 5.60 Å². The molecular weight excluding hydrogens is 308 g/mol. The molecule has 0 aliphatic carbocycles. The molecule has 1 saturated heterocycles. The predicted octanol–water partition coefficient (Wildman–Crippen LogP) is 2.96. The van der Waals surface area contributed by atoms with Gasteiger partial charge in [-0.2, -0.15) is 4.98 Å². The van der Waals surface area contributed by atoms with E-state index >= 15 is 0 Å². The lowest BCUT2D eigenvalue weighted by molar-refractivity contribution is 0.0203. The first-order valence-corrected chi connectivity index (χ1v) is 8.42. The monoisotopic (exact) mass is 336 g/mol. The number of piperidine rings is 1. The lowest BCUT2D eigenvalue weighted by Crippen LogP contribution is -2.41. The molecule has 0 saturated carbocycles. The summed E-state index contributed by atoms with van der Waals surface area (Å²) in [5.41, 5.74) is 5.84. The summed E-state index contributed by atoms with van der Waals surface area (Å²) >= 11 is 0. The van der Waals surface area contributed by atoms with E-state index in [-0.39, 0.29) is 18.1 Å². The SMILES string of the molecule is CC(C)Oc1nc(C2CCN(C(=O)OC(C)(C)C)CC2)ncc1N. The highest BCUT2D eigenvalue weighted by atomic mass is 16.6. The molecule has 1 amide bonds. The zero-order valence-electron chi connectivity index (χ0n) is 15.2. The highest BCUT2D eigenvalue weighted by molar-refractivity contribution is 5.68. The maximum absolute atomic E-state index is 12.1. The van der Waals surface area contributed by atoms with E-state index in [1.807, 2.05) is 34.6 Å². The molecule has 7 heteroatoms. The molecule has 0 atom stereocenters. The van der Waals surface area contributed by atoms with Crippen LogP contribution in [0.4, 0.5) is 10.5 Å². The second-order valence-corrected chi connectivity index (χ2v) is 7.40. The van der Waals surface area contributed by atoms with Crippen LogP contribution < -0.4 is 10.5 Å². The van der Waals surface area contributed by atoms with E-state index in [0.717, 1.165) is 18.7 Å². The quantitative estimate of drug-likeness (QED) is 0.912. The fourth-order valence-electron chi connectivity index (χ4n) is 2.55. The predicted molar refractivity (Wildman–Crippen MR) is 92.0 cm³/mol. The summed E-state index contributed by atoms with van der Waals surface area (Å²) in [5, 5.41) is 0. The number of ether oxygens (including phenoxy) is 2. The van der Waals surface area contributed by atoms with Crippen molar-refractivity contribution in [1.29, 1.82) is 0 Å². The summed E-state index contributed by atoms with van der Waals surface area (Å²) in [5.74, 6) is 1.35. The summed E-state index contributed by atoms with van der Waals surface area (Å²) in [6, 6.07) is 0. The first-order chi connectivity index (χ1) is 11.2. The number of hydrogen-bond donors (Lipinski definition) is 1. The minimum atomic E-state index is -0.475. The van der Waals surface area contributed by atoms with E-state index in [1.54, 1.807) is 11.1 Å². The number of amides is 1. The number of aromatic nitrogens is 2. The number of rotatable bonds is 3. The Morgan fingerprint density at radius 2 is 1.96 bits per heavy atom. The molecule has 1 aromatic rings. The smallest absolute Gasteiger partial charge is 0.410 e. The van der Waals surface area contributed by atoms with Crippen molar-refractivity contribution in [2.24, 2.45) is 0 Å². The Morgan fingerprint density at radius 3 is 2.50 bits per heavy atom. The summed E-state index contributed by atoms with van der Waals surface area (Å²) in [7, 11) is 0. The molecule has 0 radical (unpaired) electrons. The minimum Gasteiger partial charge on any atom is -0.473 e. The molecular formula is C17H28N4O3. The molecule has 0 spiro atoms. The lowest BCUT2D eigenvalue weighted by atomic mass is 9.96. The lowest BCUT2D eigenvalue weighted by Gasteiger charge is -2.33. The minimum absolute atomic E-state index is 0.00376. The fraction of sp³-hybridized carbons (Fsp3) is 0.706. The average molecular weight is 336 g/mol. The van der Waals surface area contributed by atoms with Crippen molar-refractivity contribution < 1.29 is 14.3 Å². The van der Waals surface area contributed by atoms with Crippen molar-refractivity contribution in [3.63, 3.8) is 0 Å². The van der Waals surface area contributed by atoms with Gasteiger partial charge >= 0.3 is 6.09 Å². The number of carbonyl (C=O) groups is 1. The zero-order valence-corrected chi connectivity index (χ0v) is 15.2. The molecule has 24 heavy (non-hydrogen) atoms. The van der Waals surface area contributed by atoms with Crippen LogP contribution in [0.25, 0.3) is 0 Å². The van der Waals surface area contributed by atoms with Gasteiger partial charge in [-0.15, -0.1) is 0 Å². The number of carbonyl (C=O) groups excluding carboxylic acids is 1. The van der Waals surface area contributed by atoms with Gasteiger partial charge in [-0.05, 0) is 47.5 Å². The van der Waals surface area contributed by atoms with Crippen LogP contribution in [0.3, 0.4) is 0 Å². The highest BCUT2D eigenvalue weighted by Gasteiger charge is 2.29. The van der Waals surface area contributed by atoms with Crippen LogP contribution in [0.1, 0.15) is 59.2 Å². The van der Waals surface area contributed by atoms with Gasteiger partial charge in [0, 0.05) is 19.0 Å². The van der Waals surface area contributed by atoms with Crippen LogP contribution in [0, 0.1) is 0 Å². The first kappa shape index (κ1) is 18.3. The Kier molecular flexibility index (Phi) is 5.51. The van der Waals surface area contributed by atoms with Gasteiger partial charge in [0.1, 0.15) is 17.1 Å². The van der Waals surface area contributed by atoms with Gasteiger partial charge in [0.2, 0.25) is 5.88 Å².